The summed E-state index contributed by atoms with van der Waals surface area (Å²) in [6, 6.07) is 9.05. The lowest BCUT2D eigenvalue weighted by molar-refractivity contribution is 0.374. The Labute approximate surface area is 115 Å². The van der Waals surface area contributed by atoms with Crippen molar-refractivity contribution in [2.24, 2.45) is 0 Å². The minimum Gasteiger partial charge on any atom is -0.493 e. The standard InChI is InChI=1S/C13H11Cl2NO2/c1-17-11-4-2-3-5-12(11)18-13-6-9(7-14)10(15)8-16-13/h2-6,8H,7H2,1H3. The average Bonchev–Trinajstić information content (AvgIpc) is 2.41. The molecule has 1 heterocycles. The van der Waals surface area contributed by atoms with Gasteiger partial charge in [-0.15, -0.1) is 11.6 Å². The van der Waals surface area contributed by atoms with E-state index in [9.17, 15) is 0 Å². The fourth-order valence-corrected chi connectivity index (χ4v) is 1.89. The predicted octanol–water partition coefficient (Wildman–Crippen LogP) is 4.27. The number of ether oxygens (including phenoxy) is 2. The van der Waals surface area contributed by atoms with Gasteiger partial charge in [-0.05, 0) is 17.7 Å². The molecule has 0 bridgehead atoms. The van der Waals surface area contributed by atoms with Crippen molar-refractivity contribution in [2.45, 2.75) is 5.88 Å². The summed E-state index contributed by atoms with van der Waals surface area (Å²) in [6.45, 7) is 0. The summed E-state index contributed by atoms with van der Waals surface area (Å²) < 4.78 is 10.8. The molecule has 0 radical (unpaired) electrons. The molecule has 0 aliphatic rings. The molecule has 18 heavy (non-hydrogen) atoms. The predicted molar refractivity (Wildman–Crippen MR) is 71.9 cm³/mol. The zero-order valence-electron chi connectivity index (χ0n) is 9.69. The minimum absolute atomic E-state index is 0.309. The molecular weight excluding hydrogens is 273 g/mol. The first-order chi connectivity index (χ1) is 8.74. The van der Waals surface area contributed by atoms with Crippen molar-refractivity contribution in [2.75, 3.05) is 7.11 Å². The van der Waals surface area contributed by atoms with Crippen LogP contribution in [0.5, 0.6) is 17.4 Å². The third kappa shape index (κ3) is 2.86. The highest BCUT2D eigenvalue weighted by Gasteiger charge is 2.07. The molecule has 2 aromatic rings. The number of alkyl halides is 1. The maximum atomic E-state index is 5.93. The summed E-state index contributed by atoms with van der Waals surface area (Å²) in [4.78, 5) is 4.09. The van der Waals surface area contributed by atoms with Gasteiger partial charge in [0.2, 0.25) is 5.88 Å². The van der Waals surface area contributed by atoms with Crippen molar-refractivity contribution in [1.29, 1.82) is 0 Å². The van der Waals surface area contributed by atoms with Gasteiger partial charge in [-0.2, -0.15) is 0 Å². The largest absolute Gasteiger partial charge is 0.493 e. The van der Waals surface area contributed by atoms with E-state index in [1.807, 2.05) is 18.2 Å². The molecule has 0 unspecified atom stereocenters. The summed E-state index contributed by atoms with van der Waals surface area (Å²) in [7, 11) is 1.58. The van der Waals surface area contributed by atoms with Crippen LogP contribution in [-0.4, -0.2) is 12.1 Å². The van der Waals surface area contributed by atoms with Gasteiger partial charge in [0, 0.05) is 18.1 Å². The molecule has 0 amide bonds. The van der Waals surface area contributed by atoms with Crippen LogP contribution in [0.2, 0.25) is 5.02 Å². The molecule has 2 rings (SSSR count). The van der Waals surface area contributed by atoms with Crippen LogP contribution in [0.25, 0.3) is 0 Å². The molecule has 1 aromatic carbocycles. The van der Waals surface area contributed by atoms with Gasteiger partial charge in [-0.25, -0.2) is 4.98 Å². The number of para-hydroxylation sites is 2. The Kier molecular flexibility index (Phi) is 4.28. The van der Waals surface area contributed by atoms with E-state index in [0.717, 1.165) is 5.56 Å². The van der Waals surface area contributed by atoms with Gasteiger partial charge in [0.05, 0.1) is 12.1 Å². The van der Waals surface area contributed by atoms with Crippen LogP contribution in [-0.2, 0) is 5.88 Å². The first-order valence-electron chi connectivity index (χ1n) is 5.26. The van der Waals surface area contributed by atoms with Crippen LogP contribution in [0.15, 0.2) is 36.5 Å². The summed E-state index contributed by atoms with van der Waals surface area (Å²) in [5.74, 6) is 1.97. The molecule has 5 heteroatoms. The third-order valence-corrected chi connectivity index (χ3v) is 2.97. The first kappa shape index (κ1) is 13.0. The molecule has 94 valence electrons. The lowest BCUT2D eigenvalue weighted by Gasteiger charge is -2.10. The normalized spacial score (nSPS) is 10.2. The zero-order chi connectivity index (χ0) is 13.0. The topological polar surface area (TPSA) is 31.4 Å². The van der Waals surface area contributed by atoms with E-state index in [4.69, 9.17) is 32.7 Å². The van der Waals surface area contributed by atoms with E-state index >= 15 is 0 Å². The van der Waals surface area contributed by atoms with Gasteiger partial charge in [-0.1, -0.05) is 23.7 Å². The van der Waals surface area contributed by atoms with E-state index in [1.165, 1.54) is 6.20 Å². The Bertz CT molecular complexity index is 546. The van der Waals surface area contributed by atoms with Gasteiger partial charge in [0.25, 0.3) is 0 Å². The number of nitrogens with zero attached hydrogens (tertiary/aromatic N) is 1. The third-order valence-electron chi connectivity index (χ3n) is 2.34. The van der Waals surface area contributed by atoms with Crippen molar-refractivity contribution in [3.05, 3.63) is 47.1 Å². The Morgan fingerprint density at radius 3 is 2.61 bits per heavy atom. The highest BCUT2D eigenvalue weighted by molar-refractivity contribution is 6.32. The van der Waals surface area contributed by atoms with Crippen molar-refractivity contribution in [3.63, 3.8) is 0 Å². The smallest absolute Gasteiger partial charge is 0.219 e. The van der Waals surface area contributed by atoms with E-state index in [0.29, 0.717) is 28.3 Å². The van der Waals surface area contributed by atoms with E-state index in [2.05, 4.69) is 4.98 Å². The quantitative estimate of drug-likeness (QED) is 0.785. The lowest BCUT2D eigenvalue weighted by Crippen LogP contribution is -1.93. The summed E-state index contributed by atoms with van der Waals surface area (Å²) in [6.07, 6.45) is 1.52. The van der Waals surface area contributed by atoms with Crippen molar-refractivity contribution in [3.8, 4) is 17.4 Å². The number of methoxy groups -OCH3 is 1. The summed E-state index contributed by atoms with van der Waals surface area (Å²) in [5, 5.41) is 0.525. The molecule has 0 fully saturated rings. The first-order valence-corrected chi connectivity index (χ1v) is 6.17. The van der Waals surface area contributed by atoms with Crippen molar-refractivity contribution < 1.29 is 9.47 Å². The molecule has 0 saturated heterocycles. The van der Waals surface area contributed by atoms with E-state index < -0.39 is 0 Å². The maximum Gasteiger partial charge on any atom is 0.219 e. The SMILES string of the molecule is COc1ccccc1Oc1cc(CCl)c(Cl)cn1. The molecule has 0 N–H and O–H groups in total. The molecular formula is C13H11Cl2NO2. The van der Waals surface area contributed by atoms with Crippen LogP contribution < -0.4 is 9.47 Å². The van der Waals surface area contributed by atoms with Crippen molar-refractivity contribution >= 4 is 23.2 Å². The minimum atomic E-state index is 0.309. The fourth-order valence-electron chi connectivity index (χ4n) is 1.43. The lowest BCUT2D eigenvalue weighted by atomic mass is 10.3. The second-order valence-corrected chi connectivity index (χ2v) is 4.17. The number of rotatable bonds is 4. The second-order valence-electron chi connectivity index (χ2n) is 3.50. The number of halogens is 2. The van der Waals surface area contributed by atoms with Crippen molar-refractivity contribution in [1.82, 2.24) is 4.98 Å². The Hall–Kier alpha value is -1.45. The van der Waals surface area contributed by atoms with Crippen LogP contribution in [0, 0.1) is 0 Å². The molecule has 0 saturated carbocycles. The number of benzene rings is 1. The highest BCUT2D eigenvalue weighted by atomic mass is 35.5. The number of hydrogen-bond donors (Lipinski definition) is 0. The average molecular weight is 284 g/mol. The number of hydrogen-bond acceptors (Lipinski definition) is 3. The maximum absolute atomic E-state index is 5.93. The number of aromatic nitrogens is 1. The van der Waals surface area contributed by atoms with Crippen LogP contribution in [0.1, 0.15) is 5.56 Å². The van der Waals surface area contributed by atoms with Gasteiger partial charge in [0.15, 0.2) is 11.5 Å². The second kappa shape index (κ2) is 5.94. The van der Waals surface area contributed by atoms with Crippen LogP contribution in [0.4, 0.5) is 0 Å². The fraction of sp³-hybridized carbons (Fsp3) is 0.154. The van der Waals surface area contributed by atoms with Crippen LogP contribution >= 0.6 is 23.2 Å². The van der Waals surface area contributed by atoms with Gasteiger partial charge < -0.3 is 9.47 Å². The summed E-state index contributed by atoms with van der Waals surface area (Å²) in [5.41, 5.74) is 0.776. The number of pyridine rings is 1. The molecule has 3 nitrogen and oxygen atoms in total. The van der Waals surface area contributed by atoms with Gasteiger partial charge in [0.1, 0.15) is 0 Å². The molecule has 0 atom stereocenters. The Morgan fingerprint density at radius 1 is 1.22 bits per heavy atom. The Morgan fingerprint density at radius 2 is 1.94 bits per heavy atom. The highest BCUT2D eigenvalue weighted by Crippen LogP contribution is 2.31. The zero-order valence-corrected chi connectivity index (χ0v) is 11.2. The van der Waals surface area contributed by atoms with Crippen LogP contribution in [0.3, 0.4) is 0 Å². The van der Waals surface area contributed by atoms with Gasteiger partial charge in [-0.3, -0.25) is 0 Å². The van der Waals surface area contributed by atoms with Gasteiger partial charge >= 0.3 is 0 Å². The Balaban J connectivity index is 2.28. The monoisotopic (exact) mass is 283 g/mol. The molecule has 0 spiro atoms. The van der Waals surface area contributed by atoms with E-state index in [1.54, 1.807) is 19.2 Å². The van der Waals surface area contributed by atoms with E-state index in [-0.39, 0.29) is 0 Å². The molecule has 1 aromatic heterocycles. The molecule has 0 aliphatic carbocycles. The molecule has 0 aliphatic heterocycles. The summed E-state index contributed by atoms with van der Waals surface area (Å²) >= 11 is 11.7.